The number of rotatable bonds is 12. The number of hydrogen-bond donors (Lipinski definition) is 3. The summed E-state index contributed by atoms with van der Waals surface area (Å²) >= 11 is 0. The molecule has 3 rings (SSSR count). The van der Waals surface area contributed by atoms with Crippen LogP contribution in [0.15, 0.2) is 48.5 Å². The van der Waals surface area contributed by atoms with Gasteiger partial charge in [-0.25, -0.2) is 9.59 Å². The molecule has 0 heterocycles. The summed E-state index contributed by atoms with van der Waals surface area (Å²) in [6.45, 7) is 6.05. The number of fused-ring (bicyclic) bond motifs is 3. The van der Waals surface area contributed by atoms with E-state index in [1.165, 1.54) is 0 Å². The van der Waals surface area contributed by atoms with Gasteiger partial charge in [-0.15, -0.1) is 0 Å². The summed E-state index contributed by atoms with van der Waals surface area (Å²) in [7, 11) is 0. The molecule has 2 aromatic rings. The van der Waals surface area contributed by atoms with Crippen molar-refractivity contribution in [2.75, 3.05) is 6.61 Å². The van der Waals surface area contributed by atoms with Gasteiger partial charge in [0.1, 0.15) is 12.6 Å². The summed E-state index contributed by atoms with van der Waals surface area (Å²) in [5.41, 5.74) is 4.58. The molecule has 0 bridgehead atoms. The highest BCUT2D eigenvalue weighted by atomic mass is 16.5. The van der Waals surface area contributed by atoms with E-state index in [9.17, 15) is 19.5 Å². The van der Waals surface area contributed by atoms with Crippen molar-refractivity contribution in [3.8, 4) is 11.1 Å². The smallest absolute Gasteiger partial charge is 0.407 e. The van der Waals surface area contributed by atoms with Crippen LogP contribution in [0, 0.1) is 5.92 Å². The summed E-state index contributed by atoms with van der Waals surface area (Å²) in [5.74, 6) is -1.36. The molecule has 7 heteroatoms. The van der Waals surface area contributed by atoms with Gasteiger partial charge in [-0.2, -0.15) is 0 Å². The molecule has 188 valence electrons. The molecule has 0 aromatic heterocycles. The van der Waals surface area contributed by atoms with E-state index in [2.05, 4.69) is 34.9 Å². The van der Waals surface area contributed by atoms with Gasteiger partial charge in [-0.05, 0) is 41.0 Å². The Morgan fingerprint density at radius 1 is 0.971 bits per heavy atom. The number of carboxylic acid groups (broad SMARTS) is 1. The molecule has 2 atom stereocenters. The Hall–Kier alpha value is -3.35. The van der Waals surface area contributed by atoms with Crippen molar-refractivity contribution in [1.29, 1.82) is 0 Å². The van der Waals surface area contributed by atoms with Crippen LogP contribution in [0.5, 0.6) is 0 Å². The number of amides is 2. The van der Waals surface area contributed by atoms with E-state index in [4.69, 9.17) is 4.74 Å². The van der Waals surface area contributed by atoms with Gasteiger partial charge < -0.3 is 20.5 Å². The second-order valence-corrected chi connectivity index (χ2v) is 9.60. The average Bonchev–Trinajstić information content (AvgIpc) is 3.14. The standard InChI is InChI=1S/C28H36N2O5/c1-4-5-10-19(16-26(31)30-25(27(32)33)15-18(2)3)29-28(34)35-17-24-22-13-8-6-11-20(22)21-12-7-9-14-23(21)24/h6-9,11-14,18-19,24-25H,4-5,10,15-17H2,1-3H3,(H,29,34)(H,30,31)(H,32,33)/t19-,25-/m1/s1. The fourth-order valence-electron chi connectivity index (χ4n) is 4.65. The van der Waals surface area contributed by atoms with Crippen molar-refractivity contribution in [3.63, 3.8) is 0 Å². The monoisotopic (exact) mass is 480 g/mol. The van der Waals surface area contributed by atoms with Crippen LogP contribution in [0.2, 0.25) is 0 Å². The minimum atomic E-state index is -1.05. The molecule has 1 aliphatic carbocycles. The number of benzene rings is 2. The zero-order chi connectivity index (χ0) is 25.4. The third-order valence-electron chi connectivity index (χ3n) is 6.34. The Labute approximate surface area is 207 Å². The first-order valence-corrected chi connectivity index (χ1v) is 12.4. The first-order valence-electron chi connectivity index (χ1n) is 12.4. The third-order valence-corrected chi connectivity index (χ3v) is 6.34. The average molecular weight is 481 g/mol. The lowest BCUT2D eigenvalue weighted by atomic mass is 9.98. The number of ether oxygens (including phenoxy) is 1. The summed E-state index contributed by atoms with van der Waals surface area (Å²) in [5, 5.41) is 14.8. The van der Waals surface area contributed by atoms with Gasteiger partial charge in [0.25, 0.3) is 0 Å². The topological polar surface area (TPSA) is 105 Å². The minimum absolute atomic E-state index is 0.00602. The maximum atomic E-state index is 12.7. The molecule has 0 aliphatic heterocycles. The zero-order valence-electron chi connectivity index (χ0n) is 20.8. The maximum Gasteiger partial charge on any atom is 0.407 e. The molecule has 0 fully saturated rings. The SMILES string of the molecule is CCCC[C@H](CC(=O)N[C@H](CC(C)C)C(=O)O)NC(=O)OCC1c2ccccc2-c2ccccc21. The van der Waals surface area contributed by atoms with Gasteiger partial charge in [0.15, 0.2) is 0 Å². The van der Waals surface area contributed by atoms with Crippen LogP contribution in [-0.4, -0.2) is 41.8 Å². The number of carbonyl (C=O) groups is 3. The van der Waals surface area contributed by atoms with Crippen molar-refractivity contribution in [3.05, 3.63) is 59.7 Å². The fraction of sp³-hybridized carbons (Fsp3) is 0.464. The quantitative estimate of drug-likeness (QED) is 0.392. The molecule has 0 unspecified atom stereocenters. The van der Waals surface area contributed by atoms with Gasteiger partial charge >= 0.3 is 12.1 Å². The van der Waals surface area contributed by atoms with E-state index in [1.807, 2.05) is 45.0 Å². The lowest BCUT2D eigenvalue weighted by molar-refractivity contribution is -0.142. The lowest BCUT2D eigenvalue weighted by Crippen LogP contribution is -2.45. The highest BCUT2D eigenvalue weighted by molar-refractivity contribution is 5.84. The molecule has 35 heavy (non-hydrogen) atoms. The van der Waals surface area contributed by atoms with Crippen LogP contribution in [0.1, 0.15) is 69.9 Å². The Balaban J connectivity index is 1.60. The number of nitrogens with one attached hydrogen (secondary N) is 2. The predicted molar refractivity (Wildman–Crippen MR) is 135 cm³/mol. The summed E-state index contributed by atoms with van der Waals surface area (Å²) in [4.78, 5) is 36.8. The van der Waals surface area contributed by atoms with E-state index >= 15 is 0 Å². The molecule has 7 nitrogen and oxygen atoms in total. The number of carbonyl (C=O) groups excluding carboxylic acids is 2. The lowest BCUT2D eigenvalue weighted by Gasteiger charge is -2.21. The predicted octanol–water partition coefficient (Wildman–Crippen LogP) is 5.09. The Morgan fingerprint density at radius 3 is 2.11 bits per heavy atom. The second-order valence-electron chi connectivity index (χ2n) is 9.60. The molecule has 2 aromatic carbocycles. The van der Waals surface area contributed by atoms with Gasteiger partial charge in [0.05, 0.1) is 0 Å². The third kappa shape index (κ3) is 7.07. The molecular formula is C28H36N2O5. The number of alkyl carbamates (subject to hydrolysis) is 1. The summed E-state index contributed by atoms with van der Waals surface area (Å²) < 4.78 is 5.63. The Morgan fingerprint density at radius 2 is 1.57 bits per heavy atom. The van der Waals surface area contributed by atoms with Gasteiger partial charge in [0, 0.05) is 18.4 Å². The second kappa shape index (κ2) is 12.4. The fourth-order valence-corrected chi connectivity index (χ4v) is 4.65. The van der Waals surface area contributed by atoms with Crippen LogP contribution in [0.25, 0.3) is 11.1 Å². The molecular weight excluding hydrogens is 444 g/mol. The van der Waals surface area contributed by atoms with E-state index in [-0.39, 0.29) is 24.9 Å². The van der Waals surface area contributed by atoms with E-state index in [0.717, 1.165) is 35.1 Å². The van der Waals surface area contributed by atoms with E-state index in [0.29, 0.717) is 12.8 Å². The summed E-state index contributed by atoms with van der Waals surface area (Å²) in [6.07, 6.45) is 2.13. The Bertz CT molecular complexity index is 990. The van der Waals surface area contributed by atoms with Crippen LogP contribution in [0.4, 0.5) is 4.79 Å². The maximum absolute atomic E-state index is 12.7. The van der Waals surface area contributed by atoms with Crippen molar-refractivity contribution in [2.45, 2.75) is 70.9 Å². The number of aliphatic carboxylic acids is 1. The first-order chi connectivity index (χ1) is 16.8. The molecule has 0 saturated carbocycles. The van der Waals surface area contributed by atoms with Crippen LogP contribution < -0.4 is 10.6 Å². The van der Waals surface area contributed by atoms with Crippen molar-refractivity contribution in [2.24, 2.45) is 5.92 Å². The molecule has 1 aliphatic rings. The van der Waals surface area contributed by atoms with Crippen molar-refractivity contribution < 1.29 is 24.2 Å². The van der Waals surface area contributed by atoms with Crippen LogP contribution in [-0.2, 0) is 14.3 Å². The van der Waals surface area contributed by atoms with E-state index in [1.54, 1.807) is 0 Å². The summed E-state index contributed by atoms with van der Waals surface area (Å²) in [6, 6.07) is 14.9. The van der Waals surface area contributed by atoms with Crippen molar-refractivity contribution in [1.82, 2.24) is 10.6 Å². The zero-order valence-corrected chi connectivity index (χ0v) is 20.8. The molecule has 2 amide bonds. The van der Waals surface area contributed by atoms with Crippen molar-refractivity contribution >= 4 is 18.0 Å². The highest BCUT2D eigenvalue weighted by Gasteiger charge is 2.29. The number of hydrogen-bond acceptors (Lipinski definition) is 4. The van der Waals surface area contributed by atoms with Gasteiger partial charge in [-0.1, -0.05) is 82.1 Å². The molecule has 0 radical (unpaired) electrons. The van der Waals surface area contributed by atoms with E-state index < -0.39 is 30.1 Å². The van der Waals surface area contributed by atoms with Gasteiger partial charge in [-0.3, -0.25) is 4.79 Å². The molecule has 0 saturated heterocycles. The highest BCUT2D eigenvalue weighted by Crippen LogP contribution is 2.44. The largest absolute Gasteiger partial charge is 0.480 e. The van der Waals surface area contributed by atoms with Gasteiger partial charge in [0.2, 0.25) is 5.91 Å². The number of unbranched alkanes of at least 4 members (excludes halogenated alkanes) is 1. The minimum Gasteiger partial charge on any atom is -0.480 e. The molecule has 3 N–H and O–H groups in total. The molecule has 0 spiro atoms. The normalized spacial score (nSPS) is 14.1. The van der Waals surface area contributed by atoms with Crippen LogP contribution >= 0.6 is 0 Å². The Kier molecular flexibility index (Phi) is 9.29. The first kappa shape index (κ1) is 26.3. The number of carboxylic acids is 1. The van der Waals surface area contributed by atoms with Crippen LogP contribution in [0.3, 0.4) is 0 Å².